The summed E-state index contributed by atoms with van der Waals surface area (Å²) in [6.07, 6.45) is 7.38. The number of nitrogens with zero attached hydrogens (tertiary/aromatic N) is 7. The summed E-state index contributed by atoms with van der Waals surface area (Å²) in [5.41, 5.74) is 2.03. The molecule has 2 aliphatic rings. The number of fused-ring (bicyclic) bond motifs is 1. The number of ether oxygens (including phenoxy) is 3. The zero-order valence-electron chi connectivity index (χ0n) is 28.4. The molecule has 1 saturated carbocycles. The number of anilines is 2. The molecule has 46 heavy (non-hydrogen) atoms. The molecule has 0 aromatic carbocycles. The Morgan fingerprint density at radius 3 is 2.30 bits per heavy atom. The minimum Gasteiger partial charge on any atom is -0.459 e. The molecule has 1 saturated heterocycles. The minimum atomic E-state index is -0.672. The highest BCUT2D eigenvalue weighted by Gasteiger charge is 2.33. The fourth-order valence-electron chi connectivity index (χ4n) is 5.53. The number of rotatable bonds is 9. The molecule has 3 aromatic rings. The van der Waals surface area contributed by atoms with E-state index >= 15 is 0 Å². The summed E-state index contributed by atoms with van der Waals surface area (Å²) in [6, 6.07) is 2.31. The number of carbonyl (C=O) groups is 2. The molecule has 0 spiro atoms. The van der Waals surface area contributed by atoms with Crippen LogP contribution in [0.15, 0.2) is 18.5 Å². The second-order valence-corrected chi connectivity index (χ2v) is 14.3. The van der Waals surface area contributed by atoms with E-state index in [-0.39, 0.29) is 24.0 Å². The summed E-state index contributed by atoms with van der Waals surface area (Å²) < 4.78 is 19.0. The van der Waals surface area contributed by atoms with Gasteiger partial charge in [0.25, 0.3) is 0 Å². The number of pyridine rings is 1. The van der Waals surface area contributed by atoms with Gasteiger partial charge in [-0.25, -0.2) is 24.1 Å². The molecule has 0 bridgehead atoms. The van der Waals surface area contributed by atoms with Crippen LogP contribution in [0.2, 0.25) is 0 Å². The van der Waals surface area contributed by atoms with Crippen molar-refractivity contribution in [2.45, 2.75) is 105 Å². The standard InChI is InChI=1S/C33H48N8O5/c1-9-10-25(23-11-12-23)44-29-36-26(37-30(42)45-32(3,4)5)28-35-20-24(41(28)38-29)18-22-17-21(2)27(34-19-22)39-13-15-40(16-14-39)31(43)46-33(6,7)8/h17,19-20,23,25H,9-16,18H2,1-8H3,(H,36,37,38,42). The molecule has 13 heteroatoms. The van der Waals surface area contributed by atoms with Crippen LogP contribution in [0.5, 0.6) is 6.01 Å². The topological polar surface area (TPSA) is 136 Å². The molecule has 0 radical (unpaired) electrons. The first kappa shape index (κ1) is 33.2. The van der Waals surface area contributed by atoms with Crippen molar-refractivity contribution in [2.24, 2.45) is 5.92 Å². The van der Waals surface area contributed by atoms with Gasteiger partial charge in [-0.2, -0.15) is 4.98 Å². The smallest absolute Gasteiger partial charge is 0.413 e. The minimum absolute atomic E-state index is 0.0224. The highest BCUT2D eigenvalue weighted by atomic mass is 16.6. The largest absolute Gasteiger partial charge is 0.459 e. The maximum atomic E-state index is 12.7. The van der Waals surface area contributed by atoms with Crippen LogP contribution in [0.25, 0.3) is 5.65 Å². The van der Waals surface area contributed by atoms with Gasteiger partial charge < -0.3 is 24.0 Å². The van der Waals surface area contributed by atoms with E-state index in [0.29, 0.717) is 44.2 Å². The van der Waals surface area contributed by atoms with Crippen molar-refractivity contribution in [2.75, 3.05) is 36.4 Å². The lowest BCUT2D eigenvalue weighted by atomic mass is 10.1. The molecule has 4 heterocycles. The van der Waals surface area contributed by atoms with E-state index in [1.54, 1.807) is 36.4 Å². The summed E-state index contributed by atoms with van der Waals surface area (Å²) in [7, 11) is 0. The number of hydrogen-bond acceptors (Lipinski definition) is 10. The Balaban J connectivity index is 1.34. The van der Waals surface area contributed by atoms with Gasteiger partial charge in [0, 0.05) is 38.8 Å². The van der Waals surface area contributed by atoms with Crippen LogP contribution in [0.1, 0.15) is 91.0 Å². The van der Waals surface area contributed by atoms with Crippen molar-refractivity contribution in [3.8, 4) is 6.01 Å². The molecule has 1 N–H and O–H groups in total. The predicted octanol–water partition coefficient (Wildman–Crippen LogP) is 5.78. The van der Waals surface area contributed by atoms with Crippen LogP contribution >= 0.6 is 0 Å². The number of aryl methyl sites for hydroxylation is 1. The monoisotopic (exact) mass is 636 g/mol. The van der Waals surface area contributed by atoms with E-state index in [2.05, 4.69) is 33.2 Å². The number of piperazine rings is 1. The lowest BCUT2D eigenvalue weighted by Gasteiger charge is -2.36. The first-order chi connectivity index (χ1) is 21.7. The van der Waals surface area contributed by atoms with Crippen LogP contribution in [0.3, 0.4) is 0 Å². The summed E-state index contributed by atoms with van der Waals surface area (Å²) in [4.78, 5) is 43.1. The lowest BCUT2D eigenvalue weighted by molar-refractivity contribution is 0.0240. The van der Waals surface area contributed by atoms with Gasteiger partial charge in [0.1, 0.15) is 23.1 Å². The number of amides is 2. The highest BCUT2D eigenvalue weighted by molar-refractivity contribution is 5.88. The van der Waals surface area contributed by atoms with Gasteiger partial charge in [-0.05, 0) is 84.8 Å². The zero-order valence-corrected chi connectivity index (χ0v) is 28.4. The first-order valence-corrected chi connectivity index (χ1v) is 16.3. The van der Waals surface area contributed by atoms with Crippen LogP contribution in [0.4, 0.5) is 21.2 Å². The Labute approximate surface area is 271 Å². The second-order valence-electron chi connectivity index (χ2n) is 14.3. The fraction of sp³-hybridized carbons (Fsp3) is 0.636. The lowest BCUT2D eigenvalue weighted by Crippen LogP contribution is -2.50. The molecule has 250 valence electrons. The van der Waals surface area contributed by atoms with Crippen LogP contribution in [-0.4, -0.2) is 85.1 Å². The quantitative estimate of drug-likeness (QED) is 0.308. The first-order valence-electron chi connectivity index (χ1n) is 16.3. The third-order valence-corrected chi connectivity index (χ3v) is 7.73. The average Bonchev–Trinajstić information content (AvgIpc) is 3.72. The van der Waals surface area contributed by atoms with Crippen LogP contribution in [0, 0.1) is 12.8 Å². The molecular formula is C33H48N8O5. The van der Waals surface area contributed by atoms with Gasteiger partial charge in [-0.3, -0.25) is 5.32 Å². The third kappa shape index (κ3) is 8.55. The molecule has 1 aliphatic heterocycles. The van der Waals surface area contributed by atoms with Crippen LogP contribution < -0.4 is 15.0 Å². The highest BCUT2D eigenvalue weighted by Crippen LogP contribution is 2.36. The van der Waals surface area contributed by atoms with E-state index in [0.717, 1.165) is 48.3 Å². The Kier molecular flexibility index (Phi) is 9.59. The van der Waals surface area contributed by atoms with Crippen molar-refractivity contribution in [3.63, 3.8) is 0 Å². The average molecular weight is 637 g/mol. The Morgan fingerprint density at radius 2 is 1.70 bits per heavy atom. The van der Waals surface area contributed by atoms with Gasteiger partial charge in [0.05, 0.1) is 11.9 Å². The van der Waals surface area contributed by atoms with E-state index < -0.39 is 17.3 Å². The summed E-state index contributed by atoms with van der Waals surface area (Å²) in [6.45, 7) is 17.7. The molecule has 2 fully saturated rings. The third-order valence-electron chi connectivity index (χ3n) is 7.73. The molecular weight excluding hydrogens is 588 g/mol. The number of aromatic nitrogens is 5. The van der Waals surface area contributed by atoms with Gasteiger partial charge in [0.15, 0.2) is 11.5 Å². The normalized spacial score (nSPS) is 16.3. The summed E-state index contributed by atoms with van der Waals surface area (Å²) in [5.74, 6) is 1.62. The molecule has 1 unspecified atom stereocenters. The van der Waals surface area contributed by atoms with Crippen molar-refractivity contribution < 1.29 is 23.8 Å². The molecule has 3 aromatic heterocycles. The molecule has 1 aliphatic carbocycles. The maximum Gasteiger partial charge on any atom is 0.413 e. The van der Waals surface area contributed by atoms with Gasteiger partial charge >= 0.3 is 18.2 Å². The van der Waals surface area contributed by atoms with E-state index in [1.807, 2.05) is 33.9 Å². The van der Waals surface area contributed by atoms with E-state index in [9.17, 15) is 9.59 Å². The number of imidazole rings is 1. The Hall–Kier alpha value is -4.16. The Bertz CT molecular complexity index is 1550. The predicted molar refractivity (Wildman–Crippen MR) is 174 cm³/mol. The van der Waals surface area contributed by atoms with E-state index in [4.69, 9.17) is 24.3 Å². The second kappa shape index (κ2) is 13.3. The maximum absolute atomic E-state index is 12.7. The summed E-state index contributed by atoms with van der Waals surface area (Å²) in [5, 5.41) is 7.48. The molecule has 1 atom stereocenters. The van der Waals surface area contributed by atoms with E-state index in [1.165, 1.54) is 0 Å². The van der Waals surface area contributed by atoms with Gasteiger partial charge in [-0.1, -0.05) is 19.4 Å². The zero-order chi connectivity index (χ0) is 33.2. The van der Waals surface area contributed by atoms with Crippen molar-refractivity contribution >= 4 is 29.5 Å². The summed E-state index contributed by atoms with van der Waals surface area (Å²) >= 11 is 0. The SMILES string of the molecule is CCCC(Oc1nc(NC(=O)OC(C)(C)C)c2ncc(Cc3cnc(N4CCN(C(=O)OC(C)(C)C)CC4)c(C)c3)n2n1)C1CC1. The molecule has 2 amide bonds. The van der Waals surface area contributed by atoms with Crippen LogP contribution in [-0.2, 0) is 15.9 Å². The molecule has 13 nitrogen and oxygen atoms in total. The van der Waals surface area contributed by atoms with Gasteiger partial charge in [0.2, 0.25) is 0 Å². The molecule has 5 rings (SSSR count). The number of nitrogens with one attached hydrogen (secondary N) is 1. The van der Waals surface area contributed by atoms with Gasteiger partial charge in [-0.15, -0.1) is 5.10 Å². The fourth-order valence-corrected chi connectivity index (χ4v) is 5.53. The van der Waals surface area contributed by atoms with Crippen molar-refractivity contribution in [1.29, 1.82) is 0 Å². The number of hydrogen-bond donors (Lipinski definition) is 1. The van der Waals surface area contributed by atoms with Crippen molar-refractivity contribution in [3.05, 3.63) is 35.3 Å². The van der Waals surface area contributed by atoms with Crippen molar-refractivity contribution in [1.82, 2.24) is 29.5 Å². The number of carbonyl (C=O) groups excluding carboxylic acids is 2. The Morgan fingerprint density at radius 1 is 1.00 bits per heavy atom.